The maximum atomic E-state index is 10.0. The van der Waals surface area contributed by atoms with Crippen molar-refractivity contribution in [2.75, 3.05) is 13.2 Å². The second-order valence-corrected chi connectivity index (χ2v) is 6.20. The van der Waals surface area contributed by atoms with Gasteiger partial charge in [0.2, 0.25) is 0 Å². The molecule has 0 fully saturated rings. The average molecular weight is 305 g/mol. The Morgan fingerprint density at radius 1 is 1.29 bits per heavy atom. The Morgan fingerprint density at radius 3 is 2.76 bits per heavy atom. The number of nitrogens with one attached hydrogen (secondary N) is 1. The van der Waals surface area contributed by atoms with E-state index in [1.807, 2.05) is 19.1 Å². The van der Waals surface area contributed by atoms with E-state index in [4.69, 9.17) is 4.74 Å². The maximum absolute atomic E-state index is 10.0. The predicted molar refractivity (Wildman–Crippen MR) is 88.2 cm³/mol. The van der Waals surface area contributed by atoms with Crippen molar-refractivity contribution in [3.05, 3.63) is 51.7 Å². The van der Waals surface area contributed by atoms with Crippen LogP contribution in [-0.4, -0.2) is 24.4 Å². The first kappa shape index (κ1) is 16.0. The van der Waals surface area contributed by atoms with E-state index in [1.165, 1.54) is 11.1 Å². The lowest BCUT2D eigenvalue weighted by atomic mass is 10.1. The van der Waals surface area contributed by atoms with Crippen LogP contribution in [0.1, 0.15) is 29.7 Å². The summed E-state index contributed by atoms with van der Waals surface area (Å²) in [6, 6.07) is 8.40. The molecule has 2 rings (SSSR count). The molecule has 3 nitrogen and oxygen atoms in total. The number of hydrogen-bond acceptors (Lipinski definition) is 4. The zero-order valence-electron chi connectivity index (χ0n) is 12.8. The van der Waals surface area contributed by atoms with Gasteiger partial charge in [-0.3, -0.25) is 0 Å². The Hall–Kier alpha value is -1.36. The van der Waals surface area contributed by atoms with Gasteiger partial charge >= 0.3 is 0 Å². The molecular formula is C17H23NO2S. The number of aryl methyl sites for hydroxylation is 2. The van der Waals surface area contributed by atoms with Gasteiger partial charge in [-0.15, -0.1) is 0 Å². The molecule has 2 N–H and O–H groups in total. The SMILES string of the molecule is Cc1ccc(OCC(O)CNC(C)c2ccsc2)c(C)c1. The highest BCUT2D eigenvalue weighted by Crippen LogP contribution is 2.19. The summed E-state index contributed by atoms with van der Waals surface area (Å²) in [5, 5.41) is 17.5. The van der Waals surface area contributed by atoms with Crippen molar-refractivity contribution >= 4 is 11.3 Å². The van der Waals surface area contributed by atoms with Crippen LogP contribution in [-0.2, 0) is 0 Å². The summed E-state index contributed by atoms with van der Waals surface area (Å²) in [5.74, 6) is 0.838. The van der Waals surface area contributed by atoms with Gasteiger partial charge in [-0.25, -0.2) is 0 Å². The maximum Gasteiger partial charge on any atom is 0.122 e. The van der Waals surface area contributed by atoms with E-state index >= 15 is 0 Å². The smallest absolute Gasteiger partial charge is 0.122 e. The van der Waals surface area contributed by atoms with Gasteiger partial charge in [-0.05, 0) is 54.8 Å². The molecule has 0 aliphatic carbocycles. The number of hydrogen-bond donors (Lipinski definition) is 2. The largest absolute Gasteiger partial charge is 0.491 e. The van der Waals surface area contributed by atoms with Crippen LogP contribution in [0.3, 0.4) is 0 Å². The molecule has 2 atom stereocenters. The normalized spacial score (nSPS) is 13.9. The molecule has 4 heteroatoms. The summed E-state index contributed by atoms with van der Waals surface area (Å²) in [5.41, 5.74) is 3.57. The minimum absolute atomic E-state index is 0.243. The van der Waals surface area contributed by atoms with Crippen molar-refractivity contribution in [3.63, 3.8) is 0 Å². The monoisotopic (exact) mass is 305 g/mol. The van der Waals surface area contributed by atoms with Crippen LogP contribution in [0.5, 0.6) is 5.75 Å². The van der Waals surface area contributed by atoms with E-state index in [0.29, 0.717) is 13.2 Å². The highest BCUT2D eigenvalue weighted by molar-refractivity contribution is 7.07. The summed E-state index contributed by atoms with van der Waals surface area (Å²) in [6.45, 7) is 6.99. The standard InChI is InChI=1S/C17H23NO2S/c1-12-4-5-17(13(2)8-12)20-10-16(19)9-18-14(3)15-6-7-21-11-15/h4-8,11,14,16,18-19H,9-10H2,1-3H3. The van der Waals surface area contributed by atoms with Gasteiger partial charge < -0.3 is 15.2 Å². The lowest BCUT2D eigenvalue weighted by molar-refractivity contribution is 0.104. The van der Waals surface area contributed by atoms with Gasteiger partial charge in [0, 0.05) is 12.6 Å². The molecule has 0 aliphatic rings. The molecule has 0 saturated carbocycles. The predicted octanol–water partition coefficient (Wildman–Crippen LogP) is 3.46. The van der Waals surface area contributed by atoms with Crippen molar-refractivity contribution in [1.82, 2.24) is 5.32 Å². The second kappa shape index (κ2) is 7.59. The highest BCUT2D eigenvalue weighted by atomic mass is 32.1. The van der Waals surface area contributed by atoms with Crippen LogP contribution >= 0.6 is 11.3 Å². The zero-order valence-corrected chi connectivity index (χ0v) is 13.6. The molecule has 0 aliphatic heterocycles. The topological polar surface area (TPSA) is 41.5 Å². The Bertz CT molecular complexity index is 554. The first-order valence-corrected chi connectivity index (χ1v) is 8.14. The van der Waals surface area contributed by atoms with E-state index in [2.05, 4.69) is 42.1 Å². The van der Waals surface area contributed by atoms with Crippen LogP contribution in [0.4, 0.5) is 0 Å². The molecule has 2 aromatic rings. The number of aliphatic hydroxyl groups excluding tert-OH is 1. The van der Waals surface area contributed by atoms with Crippen LogP contribution < -0.4 is 10.1 Å². The van der Waals surface area contributed by atoms with Crippen molar-refractivity contribution in [2.45, 2.75) is 32.9 Å². The number of benzene rings is 1. The van der Waals surface area contributed by atoms with Gasteiger partial charge in [-0.2, -0.15) is 11.3 Å². The Labute approximate surface area is 130 Å². The molecule has 0 bridgehead atoms. The molecule has 2 unspecified atom stereocenters. The van der Waals surface area contributed by atoms with Crippen LogP contribution in [0.25, 0.3) is 0 Å². The summed E-state index contributed by atoms with van der Waals surface area (Å²) in [7, 11) is 0. The average Bonchev–Trinajstić information content (AvgIpc) is 2.98. The minimum Gasteiger partial charge on any atom is -0.491 e. The number of ether oxygens (including phenoxy) is 1. The number of thiophene rings is 1. The molecule has 1 heterocycles. The third-order valence-electron chi connectivity index (χ3n) is 3.46. The summed E-state index contributed by atoms with van der Waals surface area (Å²) < 4.78 is 5.69. The van der Waals surface area contributed by atoms with Crippen LogP contribution in [0, 0.1) is 13.8 Å². The summed E-state index contributed by atoms with van der Waals surface area (Å²) in [6.07, 6.45) is -0.521. The molecule has 1 aromatic heterocycles. The van der Waals surface area contributed by atoms with Gasteiger partial charge in [-0.1, -0.05) is 17.7 Å². The first-order valence-electron chi connectivity index (χ1n) is 7.20. The van der Waals surface area contributed by atoms with Crippen LogP contribution in [0.15, 0.2) is 35.0 Å². The van der Waals surface area contributed by atoms with E-state index in [1.54, 1.807) is 11.3 Å². The molecule has 0 saturated heterocycles. The Balaban J connectivity index is 1.75. The van der Waals surface area contributed by atoms with Crippen molar-refractivity contribution in [2.24, 2.45) is 0 Å². The van der Waals surface area contributed by atoms with Crippen molar-refractivity contribution in [1.29, 1.82) is 0 Å². The van der Waals surface area contributed by atoms with E-state index < -0.39 is 6.10 Å². The molecular weight excluding hydrogens is 282 g/mol. The van der Waals surface area contributed by atoms with Gasteiger partial charge in [0.25, 0.3) is 0 Å². The molecule has 114 valence electrons. The fourth-order valence-electron chi connectivity index (χ4n) is 2.16. The van der Waals surface area contributed by atoms with Gasteiger partial charge in [0.05, 0.1) is 0 Å². The van der Waals surface area contributed by atoms with Gasteiger partial charge in [0.1, 0.15) is 18.5 Å². The fraction of sp³-hybridized carbons (Fsp3) is 0.412. The second-order valence-electron chi connectivity index (χ2n) is 5.42. The highest BCUT2D eigenvalue weighted by Gasteiger charge is 2.10. The summed E-state index contributed by atoms with van der Waals surface area (Å²) >= 11 is 1.69. The Morgan fingerprint density at radius 2 is 2.10 bits per heavy atom. The van der Waals surface area contributed by atoms with Gasteiger partial charge in [0.15, 0.2) is 0 Å². The molecule has 0 radical (unpaired) electrons. The lowest BCUT2D eigenvalue weighted by Gasteiger charge is -2.17. The summed E-state index contributed by atoms with van der Waals surface area (Å²) in [4.78, 5) is 0. The molecule has 0 spiro atoms. The quantitative estimate of drug-likeness (QED) is 0.823. The van der Waals surface area contributed by atoms with Crippen molar-refractivity contribution in [3.8, 4) is 5.75 Å². The third-order valence-corrected chi connectivity index (χ3v) is 4.17. The lowest BCUT2D eigenvalue weighted by Crippen LogP contribution is -2.33. The number of rotatable bonds is 7. The van der Waals surface area contributed by atoms with E-state index in [9.17, 15) is 5.11 Å². The first-order chi connectivity index (χ1) is 10.1. The molecule has 0 amide bonds. The zero-order chi connectivity index (χ0) is 15.2. The van der Waals surface area contributed by atoms with Crippen LogP contribution in [0.2, 0.25) is 0 Å². The van der Waals surface area contributed by atoms with E-state index in [-0.39, 0.29) is 6.04 Å². The fourth-order valence-corrected chi connectivity index (χ4v) is 2.91. The Kier molecular flexibility index (Phi) is 5.79. The minimum atomic E-state index is -0.521. The molecule has 21 heavy (non-hydrogen) atoms. The molecule has 1 aromatic carbocycles. The van der Waals surface area contributed by atoms with E-state index in [0.717, 1.165) is 11.3 Å². The number of aliphatic hydroxyl groups is 1. The third kappa shape index (κ3) is 4.84. The van der Waals surface area contributed by atoms with Crippen molar-refractivity contribution < 1.29 is 9.84 Å².